The van der Waals surface area contributed by atoms with Crippen molar-refractivity contribution in [2.45, 2.75) is 58.2 Å². The number of hydrogen-bond acceptors (Lipinski definition) is 2. The van der Waals surface area contributed by atoms with Gasteiger partial charge in [0.1, 0.15) is 5.75 Å². The van der Waals surface area contributed by atoms with Crippen LogP contribution in [-0.2, 0) is 6.54 Å². The minimum atomic E-state index is 0.329. The molecule has 0 spiro atoms. The second-order valence-corrected chi connectivity index (χ2v) is 5.82. The van der Waals surface area contributed by atoms with Gasteiger partial charge in [0.25, 0.3) is 0 Å². The zero-order valence-corrected chi connectivity index (χ0v) is 12.8. The van der Waals surface area contributed by atoms with Gasteiger partial charge in [-0.3, -0.25) is 0 Å². The van der Waals surface area contributed by atoms with Gasteiger partial charge >= 0.3 is 0 Å². The summed E-state index contributed by atoms with van der Waals surface area (Å²) in [6.45, 7) is 5.26. The summed E-state index contributed by atoms with van der Waals surface area (Å²) in [5.41, 5.74) is 1.28. The van der Waals surface area contributed by atoms with Crippen molar-refractivity contribution < 1.29 is 4.74 Å². The van der Waals surface area contributed by atoms with Crippen LogP contribution in [0.1, 0.15) is 45.1 Å². The lowest BCUT2D eigenvalue weighted by Gasteiger charge is -2.17. The van der Waals surface area contributed by atoms with E-state index in [1.807, 2.05) is 6.07 Å². The fourth-order valence-electron chi connectivity index (χ4n) is 1.95. The smallest absolute Gasteiger partial charge is 0.120 e. The first-order valence-corrected chi connectivity index (χ1v) is 7.70. The zero-order valence-electron chi connectivity index (χ0n) is 11.2. The lowest BCUT2D eigenvalue weighted by Crippen LogP contribution is -2.16. The van der Waals surface area contributed by atoms with Crippen molar-refractivity contribution in [3.8, 4) is 5.75 Å². The molecule has 1 aromatic rings. The molecule has 1 aliphatic carbocycles. The summed E-state index contributed by atoms with van der Waals surface area (Å²) in [5, 5.41) is 3.54. The molecule has 1 fully saturated rings. The van der Waals surface area contributed by atoms with Gasteiger partial charge in [-0.15, -0.1) is 0 Å². The molecule has 0 radical (unpaired) electrons. The number of rotatable bonds is 7. The molecule has 0 bridgehead atoms. The highest BCUT2D eigenvalue weighted by atomic mass is 79.9. The fraction of sp³-hybridized carbons (Fsp3) is 0.600. The normalized spacial score (nSPS) is 15.1. The summed E-state index contributed by atoms with van der Waals surface area (Å²) in [6.07, 6.45) is 5.09. The predicted molar refractivity (Wildman–Crippen MR) is 79.0 cm³/mol. The molecule has 100 valence electrons. The molecule has 3 heteroatoms. The number of hydrogen-bond donors (Lipinski definition) is 1. The van der Waals surface area contributed by atoms with Crippen LogP contribution in [0.2, 0.25) is 0 Å². The molecule has 0 amide bonds. The van der Waals surface area contributed by atoms with Crippen molar-refractivity contribution in [1.82, 2.24) is 5.32 Å². The predicted octanol–water partition coefficient (Wildman–Crippen LogP) is 4.27. The second kappa shape index (κ2) is 6.58. The van der Waals surface area contributed by atoms with Crippen LogP contribution >= 0.6 is 15.9 Å². The third-order valence-corrected chi connectivity index (χ3v) is 4.16. The van der Waals surface area contributed by atoms with E-state index in [0.29, 0.717) is 6.10 Å². The molecule has 1 aliphatic rings. The Hall–Kier alpha value is -0.540. The average Bonchev–Trinajstić information content (AvgIpc) is 3.20. The molecule has 0 aromatic heterocycles. The Morgan fingerprint density at radius 3 is 2.67 bits per heavy atom. The largest absolute Gasteiger partial charge is 0.490 e. The van der Waals surface area contributed by atoms with E-state index in [-0.39, 0.29) is 0 Å². The third-order valence-electron chi connectivity index (χ3n) is 3.39. The van der Waals surface area contributed by atoms with E-state index in [1.54, 1.807) is 0 Å². The highest BCUT2D eigenvalue weighted by molar-refractivity contribution is 9.10. The number of benzene rings is 1. The summed E-state index contributed by atoms with van der Waals surface area (Å²) in [5.74, 6) is 0.986. The molecule has 1 N–H and O–H groups in total. The fourth-order valence-corrected chi connectivity index (χ4v) is 2.34. The second-order valence-electron chi connectivity index (χ2n) is 4.96. The van der Waals surface area contributed by atoms with Gasteiger partial charge in [0.05, 0.1) is 6.10 Å². The maximum absolute atomic E-state index is 5.98. The van der Waals surface area contributed by atoms with Crippen LogP contribution in [0.25, 0.3) is 0 Å². The lowest BCUT2D eigenvalue weighted by molar-refractivity contribution is 0.192. The van der Waals surface area contributed by atoms with Crippen molar-refractivity contribution in [2.24, 2.45) is 0 Å². The van der Waals surface area contributed by atoms with Crippen LogP contribution in [0.15, 0.2) is 22.7 Å². The Morgan fingerprint density at radius 1 is 1.33 bits per heavy atom. The standard InChI is InChI=1S/C15H22BrNO/c1-3-13(4-2)18-14-7-8-15(16)11(9-14)10-17-12-5-6-12/h7-9,12-13,17H,3-6,10H2,1-2H3. The van der Waals surface area contributed by atoms with Crippen molar-refractivity contribution in [1.29, 1.82) is 0 Å². The quantitative estimate of drug-likeness (QED) is 0.812. The minimum absolute atomic E-state index is 0.329. The monoisotopic (exact) mass is 311 g/mol. The van der Waals surface area contributed by atoms with Crippen LogP contribution in [-0.4, -0.2) is 12.1 Å². The lowest BCUT2D eigenvalue weighted by atomic mass is 10.2. The van der Waals surface area contributed by atoms with Crippen molar-refractivity contribution in [3.05, 3.63) is 28.2 Å². The summed E-state index contributed by atoms with van der Waals surface area (Å²) < 4.78 is 7.14. The summed E-state index contributed by atoms with van der Waals surface area (Å²) >= 11 is 3.61. The SMILES string of the molecule is CCC(CC)Oc1ccc(Br)c(CNC2CC2)c1. The van der Waals surface area contributed by atoms with Crippen LogP contribution in [0.5, 0.6) is 5.75 Å². The van der Waals surface area contributed by atoms with Gasteiger partial charge < -0.3 is 10.1 Å². The molecule has 0 heterocycles. The summed E-state index contributed by atoms with van der Waals surface area (Å²) in [7, 11) is 0. The zero-order chi connectivity index (χ0) is 13.0. The minimum Gasteiger partial charge on any atom is -0.490 e. The van der Waals surface area contributed by atoms with Crippen molar-refractivity contribution in [3.63, 3.8) is 0 Å². The summed E-state index contributed by atoms with van der Waals surface area (Å²) in [4.78, 5) is 0. The van der Waals surface area contributed by atoms with Gasteiger partial charge in [0, 0.05) is 17.1 Å². The first kappa shape index (κ1) is 13.9. The highest BCUT2D eigenvalue weighted by Gasteiger charge is 2.20. The molecular formula is C15H22BrNO. The van der Waals surface area contributed by atoms with E-state index in [9.17, 15) is 0 Å². The van der Waals surface area contributed by atoms with Crippen LogP contribution in [0.3, 0.4) is 0 Å². The van der Waals surface area contributed by atoms with Crippen LogP contribution in [0, 0.1) is 0 Å². The molecule has 1 aromatic carbocycles. The number of ether oxygens (including phenoxy) is 1. The van der Waals surface area contributed by atoms with Gasteiger partial charge in [0.15, 0.2) is 0 Å². The van der Waals surface area contributed by atoms with Gasteiger partial charge in [-0.05, 0) is 49.4 Å². The molecule has 0 aliphatic heterocycles. The Kier molecular flexibility index (Phi) is 5.07. The molecular weight excluding hydrogens is 290 g/mol. The van der Waals surface area contributed by atoms with E-state index >= 15 is 0 Å². The molecule has 2 nitrogen and oxygen atoms in total. The van der Waals surface area contributed by atoms with Gasteiger partial charge in [-0.1, -0.05) is 29.8 Å². The summed E-state index contributed by atoms with van der Waals surface area (Å²) in [6, 6.07) is 7.02. The van der Waals surface area contributed by atoms with Crippen LogP contribution < -0.4 is 10.1 Å². The Labute approximate surface area is 118 Å². The van der Waals surface area contributed by atoms with Crippen molar-refractivity contribution >= 4 is 15.9 Å². The highest BCUT2D eigenvalue weighted by Crippen LogP contribution is 2.26. The Morgan fingerprint density at radius 2 is 2.06 bits per heavy atom. The topological polar surface area (TPSA) is 21.3 Å². The Bertz CT molecular complexity index is 386. The van der Waals surface area contributed by atoms with E-state index < -0.39 is 0 Å². The first-order chi connectivity index (χ1) is 8.72. The molecule has 0 saturated heterocycles. The molecule has 0 atom stereocenters. The maximum Gasteiger partial charge on any atom is 0.120 e. The van der Waals surface area contributed by atoms with Crippen molar-refractivity contribution in [2.75, 3.05) is 0 Å². The number of halogens is 1. The van der Waals surface area contributed by atoms with Gasteiger partial charge in [-0.2, -0.15) is 0 Å². The van der Waals surface area contributed by atoms with E-state index in [1.165, 1.54) is 18.4 Å². The van der Waals surface area contributed by atoms with E-state index in [0.717, 1.165) is 35.7 Å². The van der Waals surface area contributed by atoms with Crippen LogP contribution in [0.4, 0.5) is 0 Å². The third kappa shape index (κ3) is 3.99. The van der Waals surface area contributed by atoms with E-state index in [4.69, 9.17) is 4.74 Å². The molecule has 2 rings (SSSR count). The van der Waals surface area contributed by atoms with Gasteiger partial charge in [-0.25, -0.2) is 0 Å². The molecule has 18 heavy (non-hydrogen) atoms. The van der Waals surface area contributed by atoms with E-state index in [2.05, 4.69) is 47.2 Å². The molecule has 1 saturated carbocycles. The molecule has 0 unspecified atom stereocenters. The maximum atomic E-state index is 5.98. The number of nitrogens with one attached hydrogen (secondary N) is 1. The Balaban J connectivity index is 1.99. The first-order valence-electron chi connectivity index (χ1n) is 6.91. The average molecular weight is 312 g/mol. The van der Waals surface area contributed by atoms with Gasteiger partial charge in [0.2, 0.25) is 0 Å².